The second-order valence-electron chi connectivity index (χ2n) is 12.4. The fourth-order valence-electron chi connectivity index (χ4n) is 6.01. The number of nitrogens with one attached hydrogen (secondary N) is 1. The van der Waals surface area contributed by atoms with Crippen molar-refractivity contribution in [2.45, 2.75) is 109 Å². The van der Waals surface area contributed by atoms with Crippen LogP contribution >= 0.6 is 0 Å². The third-order valence-electron chi connectivity index (χ3n) is 8.32. The van der Waals surface area contributed by atoms with Gasteiger partial charge in [-0.1, -0.05) is 73.6 Å². The van der Waals surface area contributed by atoms with Gasteiger partial charge in [-0.15, -0.1) is 0 Å². The van der Waals surface area contributed by atoms with E-state index in [4.69, 9.17) is 17.7 Å². The van der Waals surface area contributed by atoms with Crippen molar-refractivity contribution in [2.75, 3.05) is 11.9 Å². The van der Waals surface area contributed by atoms with E-state index < -0.39 is 47.4 Å². The smallest absolute Gasteiger partial charge is 0.351 e. The molecule has 0 saturated carbocycles. The Morgan fingerprint density at radius 3 is 2.15 bits per heavy atom. The lowest BCUT2D eigenvalue weighted by atomic mass is 10.1. The number of amides is 1. The van der Waals surface area contributed by atoms with Crippen LogP contribution in [0.5, 0.6) is 0 Å². The summed E-state index contributed by atoms with van der Waals surface area (Å²) in [7, 11) is -5.76. The van der Waals surface area contributed by atoms with Crippen molar-refractivity contribution in [3.8, 4) is 0 Å². The molecule has 3 heterocycles. The molecule has 2 aromatic rings. The number of rotatable bonds is 7. The van der Waals surface area contributed by atoms with Gasteiger partial charge in [0.05, 0.1) is 6.61 Å². The van der Waals surface area contributed by atoms with E-state index >= 15 is 0 Å². The Labute approximate surface area is 244 Å². The maximum Gasteiger partial charge on any atom is 0.351 e. The van der Waals surface area contributed by atoms with Gasteiger partial charge in [-0.05, 0) is 41.2 Å². The van der Waals surface area contributed by atoms with Crippen LogP contribution < -0.4 is 11.0 Å². The van der Waals surface area contributed by atoms with Gasteiger partial charge in [-0.3, -0.25) is 9.36 Å². The van der Waals surface area contributed by atoms with E-state index in [1.54, 1.807) is 37.4 Å². The number of aryl methyl sites for hydroxylation is 1. The molecule has 1 aromatic carbocycles. The second kappa shape index (κ2) is 12.2. The fraction of sp³-hybridized carbons (Fsp3) is 0.621. The number of carbonyl (C=O) groups is 1. The minimum atomic E-state index is -2.98. The number of aromatic nitrogens is 2. The van der Waals surface area contributed by atoms with Crippen LogP contribution in [0.25, 0.3) is 0 Å². The molecule has 226 valence electrons. The third kappa shape index (κ3) is 5.88. The van der Waals surface area contributed by atoms with Crippen LogP contribution in [0.4, 0.5) is 5.82 Å². The first-order valence-electron chi connectivity index (χ1n) is 14.5. The summed E-state index contributed by atoms with van der Waals surface area (Å²) in [6, 6.07) is 8.71. The molecule has 4 unspecified atom stereocenters. The summed E-state index contributed by atoms with van der Waals surface area (Å²) in [6.45, 7) is 19.0. The van der Waals surface area contributed by atoms with Crippen LogP contribution in [0.3, 0.4) is 0 Å². The van der Waals surface area contributed by atoms with Crippen LogP contribution in [0.2, 0.25) is 22.2 Å². The molecule has 1 amide bonds. The molecule has 4 atom stereocenters. The molecule has 41 heavy (non-hydrogen) atoms. The predicted octanol–water partition coefficient (Wildman–Crippen LogP) is 5.02. The largest absolute Gasteiger partial charge is 0.414 e. The fourth-order valence-corrected chi connectivity index (χ4v) is 17.2. The summed E-state index contributed by atoms with van der Waals surface area (Å²) in [5.41, 5.74) is 0.851. The van der Waals surface area contributed by atoms with Gasteiger partial charge in [0.15, 0.2) is 6.23 Å². The van der Waals surface area contributed by atoms with Gasteiger partial charge in [0.1, 0.15) is 24.1 Å². The van der Waals surface area contributed by atoms with Gasteiger partial charge in [-0.2, -0.15) is 4.98 Å². The number of anilines is 1. The molecule has 0 bridgehead atoms. The Kier molecular flexibility index (Phi) is 9.44. The van der Waals surface area contributed by atoms with Gasteiger partial charge in [0.2, 0.25) is 0 Å². The van der Waals surface area contributed by atoms with E-state index in [0.29, 0.717) is 11.1 Å². The Morgan fingerprint density at radius 1 is 1.00 bits per heavy atom. The lowest BCUT2D eigenvalue weighted by molar-refractivity contribution is -0.0600. The van der Waals surface area contributed by atoms with Crippen molar-refractivity contribution in [3.05, 3.63) is 58.1 Å². The Hall–Kier alpha value is -2.20. The van der Waals surface area contributed by atoms with Crippen LogP contribution in [0.1, 0.15) is 77.5 Å². The normalized spacial score (nSPS) is 25.8. The number of aliphatic hydroxyl groups excluding tert-OH is 1. The molecule has 4 rings (SSSR count). The summed E-state index contributed by atoms with van der Waals surface area (Å²) >= 11 is 0. The first kappa shape index (κ1) is 31.7. The lowest BCUT2D eigenvalue weighted by Crippen LogP contribution is -2.65. The number of hydrogen-bond donors (Lipinski definition) is 2. The highest BCUT2D eigenvalue weighted by Gasteiger charge is 2.61. The minimum Gasteiger partial charge on any atom is -0.414 e. The zero-order chi connectivity index (χ0) is 30.3. The van der Waals surface area contributed by atoms with Crippen LogP contribution in [-0.2, 0) is 17.7 Å². The average Bonchev–Trinajstić information content (AvgIpc) is 3.19. The third-order valence-corrected chi connectivity index (χ3v) is 18.6. The highest BCUT2D eigenvalue weighted by atomic mass is 28.5. The summed E-state index contributed by atoms with van der Waals surface area (Å²) in [5.74, 6) is -0.214. The highest BCUT2D eigenvalue weighted by molar-refractivity contribution is 6.84. The molecule has 12 heteroatoms. The lowest BCUT2D eigenvalue weighted by Gasteiger charge is -2.51. The molecular formula is C29H45N3O7Si2. The zero-order valence-corrected chi connectivity index (χ0v) is 27.6. The Balaban J connectivity index is 1.68. The topological polar surface area (TPSA) is 121 Å². The molecule has 1 aromatic heterocycles. The van der Waals surface area contributed by atoms with Crippen molar-refractivity contribution in [2.24, 2.45) is 0 Å². The van der Waals surface area contributed by atoms with Crippen molar-refractivity contribution in [1.29, 1.82) is 0 Å². The summed E-state index contributed by atoms with van der Waals surface area (Å²) in [6.07, 6.45) is -1.99. The Morgan fingerprint density at radius 2 is 1.59 bits per heavy atom. The van der Waals surface area contributed by atoms with Crippen molar-refractivity contribution in [3.63, 3.8) is 0 Å². The second-order valence-corrected chi connectivity index (χ2v) is 21.2. The standard InChI is InChI=1S/C29H45N3O7Si2/c1-17(2)40(18(3)4)36-16-23-25(38-41(39-40,19(5)6)20(7)8)24(33)28(37-23)32-15-21(9)26(31-29(32)35)30-27(34)22-13-11-10-12-14-22/h10-15,17-20,23-25,28,33H,16H2,1-9H3,(H,30,31,34,35). The van der Waals surface area contributed by atoms with E-state index in [0.717, 1.165) is 0 Å². The first-order chi connectivity index (χ1) is 19.2. The van der Waals surface area contributed by atoms with Gasteiger partial charge in [0, 0.05) is 17.3 Å². The number of fused-ring (bicyclic) bond motifs is 1. The number of aliphatic hydroxyl groups is 1. The van der Waals surface area contributed by atoms with Gasteiger partial charge in [0.25, 0.3) is 5.91 Å². The van der Waals surface area contributed by atoms with Crippen LogP contribution in [0, 0.1) is 6.92 Å². The molecule has 10 nitrogen and oxygen atoms in total. The van der Waals surface area contributed by atoms with Gasteiger partial charge in [-0.25, -0.2) is 4.79 Å². The van der Waals surface area contributed by atoms with E-state index in [2.05, 4.69) is 65.7 Å². The number of carbonyl (C=O) groups excluding carboxylic acids is 1. The quantitative estimate of drug-likeness (QED) is 0.424. The van der Waals surface area contributed by atoms with E-state index in [1.807, 2.05) is 6.07 Å². The van der Waals surface area contributed by atoms with E-state index in [-0.39, 0.29) is 40.5 Å². The van der Waals surface area contributed by atoms with Crippen LogP contribution in [-0.4, -0.2) is 62.6 Å². The van der Waals surface area contributed by atoms with Crippen molar-refractivity contribution >= 4 is 28.8 Å². The maximum atomic E-state index is 13.2. The summed E-state index contributed by atoms with van der Waals surface area (Å²) in [4.78, 5) is 30.0. The van der Waals surface area contributed by atoms with Crippen molar-refractivity contribution < 1.29 is 27.6 Å². The zero-order valence-electron chi connectivity index (χ0n) is 25.6. The van der Waals surface area contributed by atoms with E-state index in [9.17, 15) is 14.7 Å². The monoisotopic (exact) mass is 603 g/mol. The molecule has 0 spiro atoms. The van der Waals surface area contributed by atoms with Crippen molar-refractivity contribution in [1.82, 2.24) is 9.55 Å². The Bertz CT molecular complexity index is 1270. The number of hydrogen-bond acceptors (Lipinski definition) is 8. The number of benzene rings is 1. The molecule has 2 aliphatic rings. The van der Waals surface area contributed by atoms with Crippen LogP contribution in [0.15, 0.2) is 41.3 Å². The number of ether oxygens (including phenoxy) is 1. The molecule has 0 radical (unpaired) electrons. The summed E-state index contributed by atoms with van der Waals surface area (Å²) < 4.78 is 28.5. The molecular weight excluding hydrogens is 559 g/mol. The molecule has 0 aliphatic carbocycles. The van der Waals surface area contributed by atoms with Gasteiger partial charge < -0.3 is 28.1 Å². The SMILES string of the molecule is Cc1cn(C2OC3CO[Si](C(C)C)(C(C)C)O[Si](C(C)C)(C(C)C)OC3C2O)c(=O)nc1NC(=O)c1ccccc1. The molecule has 2 N–H and O–H groups in total. The predicted molar refractivity (Wildman–Crippen MR) is 161 cm³/mol. The van der Waals surface area contributed by atoms with E-state index in [1.165, 1.54) is 4.57 Å². The van der Waals surface area contributed by atoms with Gasteiger partial charge >= 0.3 is 22.8 Å². The molecule has 2 saturated heterocycles. The average molecular weight is 604 g/mol. The maximum absolute atomic E-state index is 13.2. The molecule has 2 fully saturated rings. The molecule has 2 aliphatic heterocycles. The first-order valence-corrected chi connectivity index (χ1v) is 18.5. The number of nitrogens with zero attached hydrogens (tertiary/aromatic N) is 2. The summed E-state index contributed by atoms with van der Waals surface area (Å²) in [5, 5.41) is 14.3. The highest BCUT2D eigenvalue weighted by Crippen LogP contribution is 2.48. The minimum absolute atomic E-state index is 0.0830.